The van der Waals surface area contributed by atoms with Crippen LogP contribution in [-0.4, -0.2) is 49.2 Å². The van der Waals surface area contributed by atoms with Gasteiger partial charge in [-0.05, 0) is 12.1 Å². The molecule has 0 saturated heterocycles. The highest BCUT2D eigenvalue weighted by atomic mass is 19.3. The number of halogens is 2. The molecule has 0 aliphatic carbocycles. The fourth-order valence-electron chi connectivity index (χ4n) is 1.36. The van der Waals surface area contributed by atoms with Gasteiger partial charge in [-0.25, -0.2) is 8.78 Å². The number of rotatable bonds is 6. The summed E-state index contributed by atoms with van der Waals surface area (Å²) in [6.45, 7) is 0.00907. The van der Waals surface area contributed by atoms with Gasteiger partial charge < -0.3 is 16.0 Å². The van der Waals surface area contributed by atoms with Gasteiger partial charge >= 0.3 is 0 Å². The van der Waals surface area contributed by atoms with E-state index in [1.165, 1.54) is 24.1 Å². The van der Waals surface area contributed by atoms with E-state index in [4.69, 9.17) is 5.73 Å². The molecule has 0 atom stereocenters. The SMILES string of the molecule is CNC(=O)c1ccc(N(CCN)CC(F)F)nn1. The lowest BCUT2D eigenvalue weighted by atomic mass is 10.3. The predicted molar refractivity (Wildman–Crippen MR) is 62.7 cm³/mol. The van der Waals surface area contributed by atoms with Gasteiger partial charge in [0.05, 0.1) is 6.54 Å². The molecule has 1 aromatic heterocycles. The number of aromatic nitrogens is 2. The third-order valence-corrected chi connectivity index (χ3v) is 2.19. The van der Waals surface area contributed by atoms with Crippen molar-refractivity contribution in [2.45, 2.75) is 6.43 Å². The quantitative estimate of drug-likeness (QED) is 0.743. The topological polar surface area (TPSA) is 84.1 Å². The van der Waals surface area contributed by atoms with Crippen molar-refractivity contribution in [3.63, 3.8) is 0 Å². The molecule has 100 valence electrons. The van der Waals surface area contributed by atoms with Crippen LogP contribution in [0.5, 0.6) is 0 Å². The van der Waals surface area contributed by atoms with Crippen LogP contribution >= 0.6 is 0 Å². The fraction of sp³-hybridized carbons (Fsp3) is 0.500. The first-order valence-electron chi connectivity index (χ1n) is 5.37. The van der Waals surface area contributed by atoms with Crippen molar-refractivity contribution in [2.24, 2.45) is 5.73 Å². The van der Waals surface area contributed by atoms with Gasteiger partial charge in [0.25, 0.3) is 12.3 Å². The van der Waals surface area contributed by atoms with Crippen molar-refractivity contribution < 1.29 is 13.6 Å². The summed E-state index contributed by atoms with van der Waals surface area (Å²) < 4.78 is 24.7. The van der Waals surface area contributed by atoms with Gasteiger partial charge in [-0.2, -0.15) is 0 Å². The number of anilines is 1. The second-order valence-corrected chi connectivity index (χ2v) is 3.48. The van der Waals surface area contributed by atoms with Gasteiger partial charge in [-0.3, -0.25) is 4.79 Å². The maximum Gasteiger partial charge on any atom is 0.271 e. The predicted octanol–water partition coefficient (Wildman–Crippen LogP) is -0.134. The second kappa shape index (κ2) is 6.80. The third kappa shape index (κ3) is 3.88. The monoisotopic (exact) mass is 259 g/mol. The van der Waals surface area contributed by atoms with Crippen LogP contribution < -0.4 is 16.0 Å². The van der Waals surface area contributed by atoms with Crippen LogP contribution in [0.3, 0.4) is 0 Å². The minimum atomic E-state index is -2.49. The number of nitrogens with zero attached hydrogens (tertiary/aromatic N) is 3. The van der Waals surface area contributed by atoms with Crippen LogP contribution in [-0.2, 0) is 0 Å². The van der Waals surface area contributed by atoms with E-state index in [9.17, 15) is 13.6 Å². The second-order valence-electron chi connectivity index (χ2n) is 3.48. The van der Waals surface area contributed by atoms with Crippen molar-refractivity contribution in [3.8, 4) is 0 Å². The van der Waals surface area contributed by atoms with Crippen LogP contribution in [0.25, 0.3) is 0 Å². The fourth-order valence-corrected chi connectivity index (χ4v) is 1.36. The first kappa shape index (κ1) is 14.2. The third-order valence-electron chi connectivity index (χ3n) is 2.19. The van der Waals surface area contributed by atoms with E-state index >= 15 is 0 Å². The molecular formula is C10H15F2N5O. The van der Waals surface area contributed by atoms with E-state index in [2.05, 4.69) is 15.5 Å². The Bertz CT molecular complexity index is 384. The maximum atomic E-state index is 12.4. The van der Waals surface area contributed by atoms with Gasteiger partial charge in [0.15, 0.2) is 11.5 Å². The van der Waals surface area contributed by atoms with Gasteiger partial charge in [0.2, 0.25) is 0 Å². The smallest absolute Gasteiger partial charge is 0.271 e. The van der Waals surface area contributed by atoms with E-state index in [1.807, 2.05) is 0 Å². The van der Waals surface area contributed by atoms with Crippen molar-refractivity contribution in [1.82, 2.24) is 15.5 Å². The number of nitrogens with one attached hydrogen (secondary N) is 1. The number of nitrogens with two attached hydrogens (primary N) is 1. The zero-order chi connectivity index (χ0) is 13.5. The molecule has 1 rings (SSSR count). The molecule has 8 heteroatoms. The lowest BCUT2D eigenvalue weighted by Gasteiger charge is -2.21. The Kier molecular flexibility index (Phi) is 5.37. The standard InChI is InChI=1S/C10H15F2N5O/c1-14-10(18)7-2-3-9(16-15-7)17(5-4-13)6-8(11)12/h2-3,8H,4-6,13H2,1H3,(H,14,18). The van der Waals surface area contributed by atoms with Crippen molar-refractivity contribution in [1.29, 1.82) is 0 Å². The van der Waals surface area contributed by atoms with Gasteiger partial charge in [0, 0.05) is 20.1 Å². The normalized spacial score (nSPS) is 10.5. The zero-order valence-corrected chi connectivity index (χ0v) is 9.94. The Labute approximate surface area is 103 Å². The van der Waals surface area contributed by atoms with Crippen LogP contribution in [0, 0.1) is 0 Å². The number of amides is 1. The summed E-state index contributed by atoms with van der Waals surface area (Å²) in [7, 11) is 1.47. The lowest BCUT2D eigenvalue weighted by molar-refractivity contribution is 0.0957. The van der Waals surface area contributed by atoms with Crippen molar-refractivity contribution in [3.05, 3.63) is 17.8 Å². The lowest BCUT2D eigenvalue weighted by Crippen LogP contribution is -2.34. The zero-order valence-electron chi connectivity index (χ0n) is 9.94. The summed E-state index contributed by atoms with van der Waals surface area (Å²) >= 11 is 0. The molecule has 0 radical (unpaired) electrons. The molecule has 1 aromatic rings. The Hall–Kier alpha value is -1.83. The molecule has 3 N–H and O–H groups in total. The van der Waals surface area contributed by atoms with E-state index < -0.39 is 13.0 Å². The summed E-state index contributed by atoms with van der Waals surface area (Å²) in [5, 5.41) is 9.81. The number of hydrogen-bond donors (Lipinski definition) is 2. The van der Waals surface area contributed by atoms with Crippen molar-refractivity contribution in [2.75, 3.05) is 31.6 Å². The van der Waals surface area contributed by atoms with E-state index in [0.29, 0.717) is 0 Å². The average Bonchev–Trinajstić information content (AvgIpc) is 2.37. The first-order chi connectivity index (χ1) is 8.58. The van der Waals surface area contributed by atoms with E-state index in [1.54, 1.807) is 0 Å². The van der Waals surface area contributed by atoms with E-state index in [0.717, 1.165) is 0 Å². The van der Waals surface area contributed by atoms with E-state index in [-0.39, 0.29) is 30.5 Å². The highest BCUT2D eigenvalue weighted by Crippen LogP contribution is 2.11. The highest BCUT2D eigenvalue weighted by molar-refractivity contribution is 5.91. The molecule has 0 aliphatic heterocycles. The first-order valence-corrected chi connectivity index (χ1v) is 5.37. The molecule has 0 saturated carbocycles. The Morgan fingerprint density at radius 3 is 2.67 bits per heavy atom. The van der Waals surface area contributed by atoms with Crippen molar-refractivity contribution >= 4 is 11.7 Å². The highest BCUT2D eigenvalue weighted by Gasteiger charge is 2.14. The minimum absolute atomic E-state index is 0.131. The molecule has 1 amide bonds. The molecule has 6 nitrogen and oxygen atoms in total. The molecule has 18 heavy (non-hydrogen) atoms. The Morgan fingerprint density at radius 2 is 2.22 bits per heavy atom. The molecule has 0 aliphatic rings. The van der Waals surface area contributed by atoms with Gasteiger partial charge in [0.1, 0.15) is 0 Å². The summed E-state index contributed by atoms with van der Waals surface area (Å²) in [5.74, 6) is -0.110. The molecule has 0 bridgehead atoms. The van der Waals surface area contributed by atoms with Crippen LogP contribution in [0.2, 0.25) is 0 Å². The Morgan fingerprint density at radius 1 is 1.50 bits per heavy atom. The van der Waals surface area contributed by atoms with Crippen LogP contribution in [0.15, 0.2) is 12.1 Å². The summed E-state index contributed by atoms with van der Waals surface area (Å²) in [6, 6.07) is 2.89. The van der Waals surface area contributed by atoms with Gasteiger partial charge in [-0.15, -0.1) is 10.2 Å². The van der Waals surface area contributed by atoms with Crippen LogP contribution in [0.1, 0.15) is 10.5 Å². The van der Waals surface area contributed by atoms with Gasteiger partial charge in [-0.1, -0.05) is 0 Å². The maximum absolute atomic E-state index is 12.4. The molecule has 0 fully saturated rings. The number of carbonyl (C=O) groups is 1. The molecule has 0 spiro atoms. The van der Waals surface area contributed by atoms with Crippen LogP contribution in [0.4, 0.5) is 14.6 Å². The molecule has 0 aromatic carbocycles. The number of alkyl halides is 2. The average molecular weight is 259 g/mol. The molecule has 1 heterocycles. The molecular weight excluding hydrogens is 244 g/mol. The number of hydrogen-bond acceptors (Lipinski definition) is 5. The summed E-state index contributed by atoms with van der Waals surface area (Å²) in [4.78, 5) is 12.6. The Balaban J connectivity index is 2.82. The minimum Gasteiger partial charge on any atom is -0.354 e. The number of carbonyl (C=O) groups excluding carboxylic acids is 1. The summed E-state index contributed by atoms with van der Waals surface area (Å²) in [6.07, 6.45) is -2.49. The largest absolute Gasteiger partial charge is 0.354 e. The summed E-state index contributed by atoms with van der Waals surface area (Å²) in [5.41, 5.74) is 5.47. The molecule has 0 unspecified atom stereocenters.